The maximum atomic E-state index is 12.5. The van der Waals surface area contributed by atoms with Crippen molar-refractivity contribution in [3.63, 3.8) is 0 Å². The van der Waals surface area contributed by atoms with Crippen molar-refractivity contribution in [1.29, 1.82) is 0 Å². The van der Waals surface area contributed by atoms with Gasteiger partial charge in [0, 0.05) is 24.9 Å². The largest absolute Gasteiger partial charge is 0.392 e. The predicted octanol–water partition coefficient (Wildman–Crippen LogP) is 2.77. The standard InChI is InChI=1S/C18H25NO2/c20-16-8-4-11-18(16)12-5-13-19(14-18)17(21)10-9-15-6-2-1-3-7-15/h1-3,6-7,16,20H,4-5,8-14H2/t16-,18+/m1/s1. The highest BCUT2D eigenvalue weighted by atomic mass is 16.3. The number of hydrogen-bond donors (Lipinski definition) is 1. The van der Waals surface area contributed by atoms with Crippen molar-refractivity contribution in [2.24, 2.45) is 5.41 Å². The van der Waals surface area contributed by atoms with Crippen LogP contribution in [0.3, 0.4) is 0 Å². The molecule has 1 aromatic rings. The van der Waals surface area contributed by atoms with E-state index in [9.17, 15) is 9.90 Å². The summed E-state index contributed by atoms with van der Waals surface area (Å²) in [5.41, 5.74) is 1.22. The maximum absolute atomic E-state index is 12.5. The molecule has 2 atom stereocenters. The molecule has 1 aliphatic heterocycles. The van der Waals surface area contributed by atoms with Crippen molar-refractivity contribution >= 4 is 5.91 Å². The Labute approximate surface area is 127 Å². The van der Waals surface area contributed by atoms with Gasteiger partial charge in [0.15, 0.2) is 0 Å². The summed E-state index contributed by atoms with van der Waals surface area (Å²) >= 11 is 0. The number of carbonyl (C=O) groups is 1. The van der Waals surface area contributed by atoms with Gasteiger partial charge in [0.05, 0.1) is 6.10 Å². The second-order valence-electron chi connectivity index (χ2n) is 6.67. The molecule has 1 saturated heterocycles. The number of hydrogen-bond acceptors (Lipinski definition) is 2. The zero-order valence-electron chi connectivity index (χ0n) is 12.6. The topological polar surface area (TPSA) is 40.5 Å². The van der Waals surface area contributed by atoms with Gasteiger partial charge in [0.2, 0.25) is 5.91 Å². The maximum Gasteiger partial charge on any atom is 0.222 e. The molecule has 3 heteroatoms. The third-order valence-electron chi connectivity index (χ3n) is 5.29. The first-order chi connectivity index (χ1) is 10.2. The zero-order chi connectivity index (χ0) is 14.7. The van der Waals surface area contributed by atoms with Gasteiger partial charge in [-0.15, -0.1) is 0 Å². The van der Waals surface area contributed by atoms with Crippen molar-refractivity contribution in [3.05, 3.63) is 35.9 Å². The van der Waals surface area contributed by atoms with Gasteiger partial charge in [-0.25, -0.2) is 0 Å². The number of amides is 1. The van der Waals surface area contributed by atoms with E-state index in [1.54, 1.807) is 0 Å². The molecule has 0 radical (unpaired) electrons. The van der Waals surface area contributed by atoms with Crippen LogP contribution in [0.4, 0.5) is 0 Å². The summed E-state index contributed by atoms with van der Waals surface area (Å²) in [7, 11) is 0. The minimum Gasteiger partial charge on any atom is -0.392 e. The second-order valence-corrected chi connectivity index (χ2v) is 6.67. The Kier molecular flexibility index (Phi) is 4.29. The molecule has 1 spiro atoms. The summed E-state index contributed by atoms with van der Waals surface area (Å²) in [4.78, 5) is 14.5. The number of benzene rings is 1. The lowest BCUT2D eigenvalue weighted by atomic mass is 9.76. The highest BCUT2D eigenvalue weighted by molar-refractivity contribution is 5.76. The van der Waals surface area contributed by atoms with Crippen LogP contribution in [0.25, 0.3) is 0 Å². The summed E-state index contributed by atoms with van der Waals surface area (Å²) in [5.74, 6) is 0.247. The zero-order valence-corrected chi connectivity index (χ0v) is 12.6. The minimum atomic E-state index is -0.206. The van der Waals surface area contributed by atoms with E-state index < -0.39 is 0 Å². The molecule has 1 heterocycles. The number of likely N-dealkylation sites (tertiary alicyclic amines) is 1. The van der Waals surface area contributed by atoms with Crippen LogP contribution >= 0.6 is 0 Å². The van der Waals surface area contributed by atoms with Crippen molar-refractivity contribution in [1.82, 2.24) is 4.90 Å². The fourth-order valence-electron chi connectivity index (χ4n) is 4.02. The van der Waals surface area contributed by atoms with E-state index in [4.69, 9.17) is 0 Å². The van der Waals surface area contributed by atoms with Gasteiger partial charge < -0.3 is 10.0 Å². The molecule has 114 valence electrons. The SMILES string of the molecule is O=C(CCc1ccccc1)N1CCC[C@@]2(CCC[C@H]2O)C1. The quantitative estimate of drug-likeness (QED) is 0.928. The number of nitrogens with zero attached hydrogens (tertiary/aromatic N) is 1. The van der Waals surface area contributed by atoms with Crippen LogP contribution in [-0.2, 0) is 11.2 Å². The van der Waals surface area contributed by atoms with E-state index in [1.165, 1.54) is 5.56 Å². The summed E-state index contributed by atoms with van der Waals surface area (Å²) in [6.07, 6.45) is 6.39. The molecule has 3 nitrogen and oxygen atoms in total. The lowest BCUT2D eigenvalue weighted by molar-refractivity contribution is -0.136. The molecule has 1 N–H and O–H groups in total. The Morgan fingerprint density at radius 3 is 2.71 bits per heavy atom. The fourth-order valence-corrected chi connectivity index (χ4v) is 4.02. The van der Waals surface area contributed by atoms with Crippen LogP contribution in [0.2, 0.25) is 0 Å². The minimum absolute atomic E-state index is 0.000652. The molecule has 1 saturated carbocycles. The van der Waals surface area contributed by atoms with E-state index in [-0.39, 0.29) is 17.4 Å². The van der Waals surface area contributed by atoms with Crippen LogP contribution < -0.4 is 0 Å². The van der Waals surface area contributed by atoms with Crippen molar-refractivity contribution in [2.45, 2.75) is 51.0 Å². The average Bonchev–Trinajstić information content (AvgIpc) is 2.86. The summed E-state index contributed by atoms with van der Waals surface area (Å²) < 4.78 is 0. The van der Waals surface area contributed by atoms with Gasteiger partial charge >= 0.3 is 0 Å². The molecule has 21 heavy (non-hydrogen) atoms. The molecular formula is C18H25NO2. The molecule has 1 amide bonds. The molecule has 0 bridgehead atoms. The monoisotopic (exact) mass is 287 g/mol. The van der Waals surface area contributed by atoms with Crippen LogP contribution in [0.15, 0.2) is 30.3 Å². The molecule has 2 fully saturated rings. The summed E-state index contributed by atoms with van der Waals surface area (Å²) in [5, 5.41) is 10.3. The molecule has 3 rings (SSSR count). The third-order valence-corrected chi connectivity index (χ3v) is 5.29. The van der Waals surface area contributed by atoms with Gasteiger partial charge in [-0.1, -0.05) is 36.8 Å². The van der Waals surface area contributed by atoms with Crippen LogP contribution in [-0.4, -0.2) is 35.1 Å². The smallest absolute Gasteiger partial charge is 0.222 e. The number of aryl methyl sites for hydroxylation is 1. The first-order valence-electron chi connectivity index (χ1n) is 8.19. The first kappa shape index (κ1) is 14.6. The van der Waals surface area contributed by atoms with Crippen molar-refractivity contribution < 1.29 is 9.90 Å². The van der Waals surface area contributed by atoms with Gasteiger partial charge in [-0.05, 0) is 37.7 Å². The first-order valence-corrected chi connectivity index (χ1v) is 8.19. The van der Waals surface area contributed by atoms with Gasteiger partial charge in [0.1, 0.15) is 0 Å². The molecule has 1 aromatic carbocycles. The van der Waals surface area contributed by atoms with E-state index in [2.05, 4.69) is 12.1 Å². The summed E-state index contributed by atoms with van der Waals surface area (Å²) in [6, 6.07) is 10.2. The number of aliphatic hydroxyl groups is 1. The Hall–Kier alpha value is -1.35. The van der Waals surface area contributed by atoms with Crippen LogP contribution in [0.1, 0.15) is 44.1 Å². The Bertz CT molecular complexity index is 487. The predicted molar refractivity (Wildman–Crippen MR) is 82.9 cm³/mol. The third kappa shape index (κ3) is 3.13. The van der Waals surface area contributed by atoms with Crippen molar-refractivity contribution in [3.8, 4) is 0 Å². The fraction of sp³-hybridized carbons (Fsp3) is 0.611. The van der Waals surface area contributed by atoms with Crippen LogP contribution in [0.5, 0.6) is 0 Å². The van der Waals surface area contributed by atoms with Crippen LogP contribution in [0, 0.1) is 5.41 Å². The average molecular weight is 287 g/mol. The van der Waals surface area contributed by atoms with E-state index in [0.29, 0.717) is 6.42 Å². The second kappa shape index (κ2) is 6.18. The Morgan fingerprint density at radius 1 is 1.24 bits per heavy atom. The number of aliphatic hydroxyl groups excluding tert-OH is 1. The van der Waals surface area contributed by atoms with E-state index in [1.807, 2.05) is 23.1 Å². The molecule has 1 aliphatic carbocycles. The summed E-state index contributed by atoms with van der Waals surface area (Å²) in [6.45, 7) is 1.63. The Balaban J connectivity index is 1.57. The molecular weight excluding hydrogens is 262 g/mol. The highest BCUT2D eigenvalue weighted by Gasteiger charge is 2.45. The molecule has 2 aliphatic rings. The van der Waals surface area contributed by atoms with E-state index in [0.717, 1.165) is 51.6 Å². The normalized spacial score (nSPS) is 29.0. The van der Waals surface area contributed by atoms with E-state index >= 15 is 0 Å². The molecule has 0 unspecified atom stereocenters. The molecule has 0 aromatic heterocycles. The lowest BCUT2D eigenvalue weighted by Gasteiger charge is -2.42. The number of rotatable bonds is 3. The number of carbonyl (C=O) groups excluding carboxylic acids is 1. The van der Waals surface area contributed by atoms with Gasteiger partial charge in [0.25, 0.3) is 0 Å². The highest BCUT2D eigenvalue weighted by Crippen LogP contribution is 2.45. The van der Waals surface area contributed by atoms with Crippen molar-refractivity contribution in [2.75, 3.05) is 13.1 Å². The lowest BCUT2D eigenvalue weighted by Crippen LogP contribution is -2.49. The van der Waals surface area contributed by atoms with Gasteiger partial charge in [-0.3, -0.25) is 4.79 Å². The number of piperidine rings is 1. The Morgan fingerprint density at radius 2 is 2.00 bits per heavy atom. The van der Waals surface area contributed by atoms with Gasteiger partial charge in [-0.2, -0.15) is 0 Å².